The summed E-state index contributed by atoms with van der Waals surface area (Å²) >= 11 is 0. The van der Waals surface area contributed by atoms with Gasteiger partial charge in [0.25, 0.3) is 0 Å². The van der Waals surface area contributed by atoms with E-state index in [9.17, 15) is 4.79 Å². The molecular formula is C5H9NO2. The van der Waals surface area contributed by atoms with Gasteiger partial charge in [-0.15, -0.1) is 0 Å². The van der Waals surface area contributed by atoms with Crippen LogP contribution in [0.15, 0.2) is 0 Å². The molecule has 0 saturated carbocycles. The third kappa shape index (κ3) is 0.980. The van der Waals surface area contributed by atoms with Crippen molar-refractivity contribution in [2.75, 3.05) is 6.52 Å². The van der Waals surface area contributed by atoms with E-state index in [0.717, 1.165) is 0 Å². The minimum atomic E-state index is -1.16. The van der Waals surface area contributed by atoms with Gasteiger partial charge < -0.3 is 10.4 Å². The third-order valence-corrected chi connectivity index (χ3v) is 0.942. The fourth-order valence-electron chi connectivity index (χ4n) is 0.535. The maximum Gasteiger partial charge on any atom is 0.320 e. The quantitative estimate of drug-likeness (QED) is 0.502. The van der Waals surface area contributed by atoms with Crippen molar-refractivity contribution in [2.45, 2.75) is 18.8 Å². The SMILES string of the molecule is [2H]C1N[C@H](C(=O)O)C([2H])C1[2H]. The highest BCUT2D eigenvalue weighted by Crippen LogP contribution is 2.03. The minimum Gasteiger partial charge on any atom is -0.480 e. The lowest BCUT2D eigenvalue weighted by molar-refractivity contribution is -0.139. The highest BCUT2D eigenvalue weighted by Gasteiger charge is 2.20. The molecule has 0 radical (unpaired) electrons. The van der Waals surface area contributed by atoms with E-state index in [1.807, 2.05) is 0 Å². The van der Waals surface area contributed by atoms with E-state index >= 15 is 0 Å². The fraction of sp³-hybridized carbons (Fsp3) is 0.800. The van der Waals surface area contributed by atoms with Crippen LogP contribution in [0, 0.1) is 0 Å². The van der Waals surface area contributed by atoms with Gasteiger partial charge in [0.05, 0.1) is 0 Å². The molecule has 3 heteroatoms. The second-order valence-corrected chi connectivity index (χ2v) is 1.53. The Morgan fingerprint density at radius 1 is 2.00 bits per heavy atom. The van der Waals surface area contributed by atoms with Crippen molar-refractivity contribution in [3.05, 3.63) is 0 Å². The first-order valence-corrected chi connectivity index (χ1v) is 2.29. The molecule has 8 heavy (non-hydrogen) atoms. The van der Waals surface area contributed by atoms with Gasteiger partial charge in [0, 0.05) is 4.11 Å². The number of carboxylic acid groups (broad SMARTS) is 1. The summed E-state index contributed by atoms with van der Waals surface area (Å²) < 4.78 is 21.5. The molecule has 1 rings (SSSR count). The van der Waals surface area contributed by atoms with Gasteiger partial charge in [-0.3, -0.25) is 4.79 Å². The van der Waals surface area contributed by atoms with E-state index < -0.39 is 31.3 Å². The molecule has 0 aromatic heterocycles. The molecule has 1 aliphatic rings. The lowest BCUT2D eigenvalue weighted by atomic mass is 10.2. The Hall–Kier alpha value is -0.570. The van der Waals surface area contributed by atoms with Crippen LogP contribution in [0.3, 0.4) is 0 Å². The monoisotopic (exact) mass is 118 g/mol. The summed E-state index contributed by atoms with van der Waals surface area (Å²) in [7, 11) is 0. The van der Waals surface area contributed by atoms with Crippen molar-refractivity contribution in [2.24, 2.45) is 0 Å². The number of carbonyl (C=O) groups is 1. The largest absolute Gasteiger partial charge is 0.480 e. The van der Waals surface area contributed by atoms with Crippen molar-refractivity contribution in [1.82, 2.24) is 5.32 Å². The van der Waals surface area contributed by atoms with E-state index in [2.05, 4.69) is 5.32 Å². The Morgan fingerprint density at radius 3 is 3.00 bits per heavy atom. The summed E-state index contributed by atoms with van der Waals surface area (Å²) in [6.45, 7) is -0.946. The third-order valence-electron chi connectivity index (χ3n) is 0.942. The highest BCUT2D eigenvalue weighted by atomic mass is 16.4. The van der Waals surface area contributed by atoms with Crippen molar-refractivity contribution < 1.29 is 14.0 Å². The zero-order valence-corrected chi connectivity index (χ0v) is 4.16. The average molecular weight is 118 g/mol. The molecule has 46 valence electrons. The molecule has 1 aliphatic heterocycles. The van der Waals surface area contributed by atoms with E-state index in [1.54, 1.807) is 0 Å². The summed E-state index contributed by atoms with van der Waals surface area (Å²) in [5, 5.41) is 10.8. The first-order chi connectivity index (χ1) is 5.04. The number of nitrogens with one attached hydrogen (secondary N) is 1. The maximum atomic E-state index is 10.4. The summed E-state index contributed by atoms with van der Waals surface area (Å²) in [4.78, 5) is 10.4. The van der Waals surface area contributed by atoms with Gasteiger partial charge >= 0.3 is 5.97 Å². The second-order valence-electron chi connectivity index (χ2n) is 1.53. The topological polar surface area (TPSA) is 49.3 Å². The van der Waals surface area contributed by atoms with Crippen LogP contribution >= 0.6 is 0 Å². The van der Waals surface area contributed by atoms with Gasteiger partial charge in [0.15, 0.2) is 0 Å². The van der Waals surface area contributed by atoms with Crippen LogP contribution in [0.4, 0.5) is 0 Å². The minimum absolute atomic E-state index is 0.946. The first-order valence-electron chi connectivity index (χ1n) is 4.03. The van der Waals surface area contributed by atoms with Gasteiger partial charge in [-0.2, -0.15) is 0 Å². The Kier molecular flexibility index (Phi) is 0.753. The predicted octanol–water partition coefficient (Wildman–Crippen LogP) is -0.177. The normalized spacial score (nSPS) is 61.2. The predicted molar refractivity (Wildman–Crippen MR) is 28.7 cm³/mol. The number of rotatable bonds is 1. The molecule has 0 amide bonds. The molecule has 1 fully saturated rings. The Morgan fingerprint density at radius 2 is 2.75 bits per heavy atom. The molecule has 0 aromatic rings. The number of carboxylic acids is 1. The standard InChI is InChI=1S/C5H9NO2/c7-5(8)4-2-1-3-6-4/h4,6H,1-3H2,(H,7,8)/t4-/m0/s1/i1D,2D,3D/t1?,2?,3?,4-. The second kappa shape index (κ2) is 2.13. The van der Waals surface area contributed by atoms with Gasteiger partial charge in [-0.1, -0.05) is 0 Å². The van der Waals surface area contributed by atoms with Crippen molar-refractivity contribution in [1.29, 1.82) is 0 Å². The highest BCUT2D eigenvalue weighted by molar-refractivity contribution is 5.73. The Bertz CT molecular complexity index is 177. The lowest BCUT2D eigenvalue weighted by Crippen LogP contribution is -2.29. The molecule has 3 nitrogen and oxygen atoms in total. The molecule has 4 atom stereocenters. The number of hydrogen-bond donors (Lipinski definition) is 2. The first kappa shape index (κ1) is 2.82. The van der Waals surface area contributed by atoms with Crippen LogP contribution < -0.4 is 5.32 Å². The molecule has 1 heterocycles. The molecular weight excluding hydrogens is 106 g/mol. The molecule has 2 N–H and O–H groups in total. The molecule has 0 aliphatic carbocycles. The van der Waals surface area contributed by atoms with E-state index in [1.165, 1.54) is 0 Å². The summed E-state index contributed by atoms with van der Waals surface area (Å²) in [5.74, 6) is -1.16. The van der Waals surface area contributed by atoms with Gasteiger partial charge in [0.1, 0.15) is 6.04 Å². The maximum absolute atomic E-state index is 10.4. The van der Waals surface area contributed by atoms with E-state index in [4.69, 9.17) is 9.22 Å². The summed E-state index contributed by atoms with van der Waals surface area (Å²) in [6, 6.07) is -1.06. The van der Waals surface area contributed by atoms with Crippen LogP contribution in [0.1, 0.15) is 16.9 Å². The number of hydrogen-bond acceptors (Lipinski definition) is 2. The summed E-state index contributed by atoms with van der Waals surface area (Å²) in [5.41, 5.74) is 0. The van der Waals surface area contributed by atoms with Crippen molar-refractivity contribution >= 4 is 5.97 Å². The molecule has 0 bridgehead atoms. The fourth-order valence-corrected chi connectivity index (χ4v) is 0.535. The van der Waals surface area contributed by atoms with Gasteiger partial charge in [-0.05, 0) is 19.3 Å². The van der Waals surface area contributed by atoms with Gasteiger partial charge in [-0.25, -0.2) is 0 Å². The molecule has 1 saturated heterocycles. The van der Waals surface area contributed by atoms with Crippen LogP contribution in [-0.2, 0) is 4.79 Å². The molecule has 3 unspecified atom stereocenters. The van der Waals surface area contributed by atoms with Crippen molar-refractivity contribution in [3.8, 4) is 0 Å². The van der Waals surface area contributed by atoms with E-state index in [-0.39, 0.29) is 0 Å². The number of aliphatic carboxylic acids is 1. The molecule has 0 aromatic carbocycles. The summed E-state index contributed by atoms with van der Waals surface area (Å²) in [6.07, 6.45) is -1.99. The zero-order chi connectivity index (χ0) is 8.59. The van der Waals surface area contributed by atoms with Crippen LogP contribution in [0.5, 0.6) is 0 Å². The Balaban J connectivity index is 2.67. The van der Waals surface area contributed by atoms with Crippen LogP contribution in [0.25, 0.3) is 0 Å². The van der Waals surface area contributed by atoms with Crippen LogP contribution in [-0.4, -0.2) is 23.6 Å². The van der Waals surface area contributed by atoms with E-state index in [0.29, 0.717) is 0 Å². The smallest absolute Gasteiger partial charge is 0.320 e. The van der Waals surface area contributed by atoms with Gasteiger partial charge in [0.2, 0.25) is 0 Å². The lowest BCUT2D eigenvalue weighted by Gasteiger charge is -1.99. The van der Waals surface area contributed by atoms with Crippen molar-refractivity contribution in [3.63, 3.8) is 0 Å². The average Bonchev–Trinajstić information content (AvgIpc) is 2.17. The Labute approximate surface area is 51.9 Å². The molecule has 0 spiro atoms. The van der Waals surface area contributed by atoms with Crippen LogP contribution in [0.2, 0.25) is 0 Å². The zero-order valence-electron chi connectivity index (χ0n) is 7.16.